The number of hydrogen-bond acceptors (Lipinski definition) is 2. The highest BCUT2D eigenvalue weighted by atomic mass is 16.3. The van der Waals surface area contributed by atoms with Gasteiger partial charge in [-0.25, -0.2) is 0 Å². The van der Waals surface area contributed by atoms with Gasteiger partial charge in [-0.05, 0) is 70.9 Å². The van der Waals surface area contributed by atoms with Gasteiger partial charge >= 0.3 is 0 Å². The fraction of sp³-hybridized carbons (Fsp3) is 0. The monoisotopic (exact) mass is 626 g/mol. The van der Waals surface area contributed by atoms with E-state index in [9.17, 15) is 0 Å². The smallest absolute Gasteiger partial charge is 0.138 e. The summed E-state index contributed by atoms with van der Waals surface area (Å²) in [6.07, 6.45) is 0. The Morgan fingerprint density at radius 2 is 1.08 bits per heavy atom. The molecule has 0 saturated carbocycles. The van der Waals surface area contributed by atoms with E-state index in [2.05, 4.69) is 185 Å². The highest BCUT2D eigenvalue weighted by Gasteiger charge is 2.26. The van der Waals surface area contributed by atoms with Gasteiger partial charge in [0, 0.05) is 50.2 Å². The summed E-state index contributed by atoms with van der Waals surface area (Å²) in [6, 6.07) is 64.9. The van der Waals surface area contributed by atoms with E-state index in [0.29, 0.717) is 0 Å². The van der Waals surface area contributed by atoms with Crippen molar-refractivity contribution in [3.63, 3.8) is 0 Å². The van der Waals surface area contributed by atoms with E-state index < -0.39 is 0 Å². The summed E-state index contributed by atoms with van der Waals surface area (Å²) < 4.78 is 9.12. The third kappa shape index (κ3) is 4.29. The average molecular weight is 627 g/mol. The van der Waals surface area contributed by atoms with E-state index >= 15 is 0 Å². The van der Waals surface area contributed by atoms with Crippen molar-refractivity contribution in [2.45, 2.75) is 0 Å². The first kappa shape index (κ1) is 27.5. The fourth-order valence-corrected chi connectivity index (χ4v) is 7.65. The molecule has 2 heterocycles. The molecular formula is C46H30N2O. The highest BCUT2D eigenvalue weighted by molar-refractivity contribution is 6.28. The third-order valence-electron chi connectivity index (χ3n) is 9.72. The maximum Gasteiger partial charge on any atom is 0.138 e. The first-order valence-corrected chi connectivity index (χ1v) is 16.7. The van der Waals surface area contributed by atoms with Gasteiger partial charge in [-0.2, -0.15) is 0 Å². The topological polar surface area (TPSA) is 21.3 Å². The van der Waals surface area contributed by atoms with Crippen LogP contribution in [0.5, 0.6) is 0 Å². The summed E-state index contributed by atoms with van der Waals surface area (Å²) >= 11 is 0. The molecule has 3 nitrogen and oxygen atoms in total. The minimum Gasteiger partial charge on any atom is -0.456 e. The van der Waals surface area contributed by atoms with Crippen molar-refractivity contribution < 1.29 is 4.42 Å². The molecule has 0 aliphatic rings. The number of hydrogen-bond donors (Lipinski definition) is 0. The van der Waals surface area contributed by atoms with E-state index in [0.717, 1.165) is 55.7 Å². The molecule has 3 heteroatoms. The molecule has 0 fully saturated rings. The van der Waals surface area contributed by atoms with E-state index in [1.54, 1.807) is 0 Å². The molecule has 0 spiro atoms. The molecule has 0 bridgehead atoms. The average Bonchev–Trinajstić information content (AvgIpc) is 3.71. The van der Waals surface area contributed by atoms with Gasteiger partial charge in [0.05, 0.1) is 16.7 Å². The molecule has 230 valence electrons. The molecule has 0 amide bonds. The van der Waals surface area contributed by atoms with Crippen molar-refractivity contribution >= 4 is 71.6 Å². The second kappa shape index (κ2) is 11.0. The summed E-state index contributed by atoms with van der Waals surface area (Å²) in [5, 5.41) is 7.08. The summed E-state index contributed by atoms with van der Waals surface area (Å²) in [5.74, 6) is 0. The zero-order chi connectivity index (χ0) is 32.3. The van der Waals surface area contributed by atoms with Gasteiger partial charge in [0.1, 0.15) is 11.2 Å². The lowest BCUT2D eigenvalue weighted by molar-refractivity contribution is 0.669. The molecule has 0 aliphatic heterocycles. The van der Waals surface area contributed by atoms with Crippen molar-refractivity contribution in [1.29, 1.82) is 0 Å². The first-order chi connectivity index (χ1) is 24.3. The van der Waals surface area contributed by atoms with E-state index in [1.807, 2.05) is 6.07 Å². The molecule has 8 aromatic carbocycles. The number of rotatable bonds is 5. The van der Waals surface area contributed by atoms with Crippen LogP contribution in [-0.4, -0.2) is 4.57 Å². The predicted octanol–water partition coefficient (Wildman–Crippen LogP) is 13.0. The molecule has 49 heavy (non-hydrogen) atoms. The molecule has 0 N–H and O–H groups in total. The Morgan fingerprint density at radius 1 is 0.449 bits per heavy atom. The first-order valence-electron chi connectivity index (χ1n) is 16.7. The van der Waals surface area contributed by atoms with Crippen molar-refractivity contribution in [2.24, 2.45) is 0 Å². The van der Waals surface area contributed by atoms with Crippen molar-refractivity contribution in [3.8, 4) is 16.8 Å². The SMILES string of the molecule is c1ccc(N(c2ccccc2)c2cccc3c4c(-c5ccc6ccccc6c5)c5c(cc4n(-c4ccccc4)c23)oc2ccccc25)cc1. The molecule has 0 atom stereocenters. The van der Waals surface area contributed by atoms with E-state index in [4.69, 9.17) is 4.42 Å². The Kier molecular flexibility index (Phi) is 6.18. The van der Waals surface area contributed by atoms with Crippen LogP contribution in [0.15, 0.2) is 186 Å². The summed E-state index contributed by atoms with van der Waals surface area (Å²) in [4.78, 5) is 2.37. The molecule has 0 unspecified atom stereocenters. The Hall–Kier alpha value is -6.58. The molecule has 0 aliphatic carbocycles. The quantitative estimate of drug-likeness (QED) is 0.190. The van der Waals surface area contributed by atoms with Crippen LogP contribution in [0.2, 0.25) is 0 Å². The van der Waals surface area contributed by atoms with Crippen LogP contribution in [0, 0.1) is 0 Å². The lowest BCUT2D eigenvalue weighted by Crippen LogP contribution is -2.11. The zero-order valence-electron chi connectivity index (χ0n) is 26.6. The zero-order valence-corrected chi connectivity index (χ0v) is 26.6. The molecular weight excluding hydrogens is 597 g/mol. The number of nitrogens with zero attached hydrogens (tertiary/aromatic N) is 2. The number of anilines is 3. The number of para-hydroxylation sites is 5. The number of furan rings is 1. The second-order valence-electron chi connectivity index (χ2n) is 12.5. The molecule has 10 rings (SSSR count). The van der Waals surface area contributed by atoms with Crippen molar-refractivity contribution in [1.82, 2.24) is 4.57 Å². The maximum atomic E-state index is 6.69. The van der Waals surface area contributed by atoms with Gasteiger partial charge < -0.3 is 13.9 Å². The van der Waals surface area contributed by atoms with Crippen LogP contribution in [0.4, 0.5) is 17.1 Å². The maximum absolute atomic E-state index is 6.69. The Balaban J connectivity index is 1.42. The summed E-state index contributed by atoms with van der Waals surface area (Å²) in [7, 11) is 0. The van der Waals surface area contributed by atoms with Crippen molar-refractivity contribution in [2.75, 3.05) is 4.90 Å². The minimum atomic E-state index is 0.876. The lowest BCUT2D eigenvalue weighted by atomic mass is 9.92. The van der Waals surface area contributed by atoms with Crippen LogP contribution in [-0.2, 0) is 0 Å². The van der Waals surface area contributed by atoms with Crippen LogP contribution < -0.4 is 4.90 Å². The van der Waals surface area contributed by atoms with E-state index in [1.165, 1.54) is 32.7 Å². The van der Waals surface area contributed by atoms with Gasteiger partial charge in [0.25, 0.3) is 0 Å². The largest absolute Gasteiger partial charge is 0.456 e. The minimum absolute atomic E-state index is 0.876. The Labute approximate surface area is 283 Å². The van der Waals surface area contributed by atoms with Gasteiger partial charge in [-0.3, -0.25) is 0 Å². The Bertz CT molecular complexity index is 2770. The lowest BCUT2D eigenvalue weighted by Gasteiger charge is -2.27. The third-order valence-corrected chi connectivity index (χ3v) is 9.72. The van der Waals surface area contributed by atoms with Gasteiger partial charge in [0.15, 0.2) is 0 Å². The number of fused-ring (bicyclic) bond motifs is 7. The van der Waals surface area contributed by atoms with Gasteiger partial charge in [-0.15, -0.1) is 0 Å². The van der Waals surface area contributed by atoms with Crippen LogP contribution in [0.3, 0.4) is 0 Å². The summed E-state index contributed by atoms with van der Waals surface area (Å²) in [6.45, 7) is 0. The van der Waals surface area contributed by atoms with Crippen molar-refractivity contribution in [3.05, 3.63) is 182 Å². The molecule has 0 radical (unpaired) electrons. The van der Waals surface area contributed by atoms with Gasteiger partial charge in [-0.1, -0.05) is 121 Å². The fourth-order valence-electron chi connectivity index (χ4n) is 7.65. The molecule has 0 saturated heterocycles. The molecule has 10 aromatic rings. The summed E-state index contributed by atoms with van der Waals surface area (Å²) in [5.41, 5.74) is 10.7. The van der Waals surface area contributed by atoms with Crippen LogP contribution >= 0.6 is 0 Å². The Morgan fingerprint density at radius 3 is 1.84 bits per heavy atom. The normalized spacial score (nSPS) is 11.7. The second-order valence-corrected chi connectivity index (χ2v) is 12.5. The van der Waals surface area contributed by atoms with E-state index in [-0.39, 0.29) is 0 Å². The predicted molar refractivity (Wildman–Crippen MR) is 206 cm³/mol. The number of aromatic nitrogens is 1. The standard InChI is InChI=1S/C46H30N2O/c1-4-17-34(18-5-1)47(35-19-6-2-7-20-35)39-25-14-24-38-44-40(48(46(38)39)36-21-8-3-9-22-36)30-42-45(37-23-12-13-26-41(37)49-42)43(44)33-28-27-31-15-10-11-16-32(31)29-33/h1-30H. The van der Waals surface area contributed by atoms with Crippen LogP contribution in [0.1, 0.15) is 0 Å². The van der Waals surface area contributed by atoms with Crippen LogP contribution in [0.25, 0.3) is 71.3 Å². The number of benzene rings is 8. The highest BCUT2D eigenvalue weighted by Crippen LogP contribution is 2.49. The van der Waals surface area contributed by atoms with Gasteiger partial charge in [0.2, 0.25) is 0 Å². The molecule has 2 aromatic heterocycles.